The summed E-state index contributed by atoms with van der Waals surface area (Å²) in [4.78, 5) is 20.7. The summed E-state index contributed by atoms with van der Waals surface area (Å²) >= 11 is 1.66. The van der Waals surface area contributed by atoms with Crippen LogP contribution >= 0.6 is 11.8 Å². The first-order valence-corrected chi connectivity index (χ1v) is 7.84. The maximum Gasteiger partial charge on any atom is 0.274 e. The highest BCUT2D eigenvalue weighted by Crippen LogP contribution is 2.15. The van der Waals surface area contributed by atoms with Crippen LogP contribution in [0.25, 0.3) is 5.65 Å². The minimum Gasteiger partial charge on any atom is -0.319 e. The lowest BCUT2D eigenvalue weighted by Crippen LogP contribution is -2.16. The van der Waals surface area contributed by atoms with Gasteiger partial charge in [-0.1, -0.05) is 6.07 Å². The van der Waals surface area contributed by atoms with Gasteiger partial charge in [0.05, 0.1) is 5.69 Å². The number of thioether (sulfide) groups is 1. The van der Waals surface area contributed by atoms with Crippen LogP contribution in [0.1, 0.15) is 16.1 Å². The number of hydrogen-bond acceptors (Lipinski definition) is 4. The van der Waals surface area contributed by atoms with E-state index < -0.39 is 0 Å². The van der Waals surface area contributed by atoms with Crippen LogP contribution in [0.4, 0.5) is 5.69 Å². The Bertz CT molecular complexity index is 784. The molecule has 3 aromatic rings. The van der Waals surface area contributed by atoms with Crippen LogP contribution in [0.2, 0.25) is 0 Å². The molecule has 3 heterocycles. The van der Waals surface area contributed by atoms with Crippen molar-refractivity contribution in [2.45, 2.75) is 5.75 Å². The number of nitrogens with one attached hydrogen (secondary N) is 1. The van der Waals surface area contributed by atoms with Crippen LogP contribution in [0.3, 0.4) is 0 Å². The van der Waals surface area contributed by atoms with E-state index in [9.17, 15) is 4.79 Å². The highest BCUT2D eigenvalue weighted by molar-refractivity contribution is 7.97. The monoisotopic (exact) mass is 298 g/mol. The number of nitrogens with zero attached hydrogens (tertiary/aromatic N) is 3. The van der Waals surface area contributed by atoms with E-state index in [1.165, 1.54) is 0 Å². The summed E-state index contributed by atoms with van der Waals surface area (Å²) in [5.74, 6) is 0.566. The standard InChI is InChI=1S/C15H14N4OS/c1-21-10-11-3-2-6-17-14(11)15(20)18-12-4-5-13-16-7-8-19(13)9-12/h2-9H,10H2,1H3,(H,18,20). The molecule has 6 heteroatoms. The first-order chi connectivity index (χ1) is 10.3. The van der Waals surface area contributed by atoms with Gasteiger partial charge < -0.3 is 9.72 Å². The lowest BCUT2D eigenvalue weighted by atomic mass is 10.2. The molecule has 3 aromatic heterocycles. The van der Waals surface area contributed by atoms with Crippen LogP contribution in [0, 0.1) is 0 Å². The third-order valence-corrected chi connectivity index (χ3v) is 3.65. The fourth-order valence-corrected chi connectivity index (χ4v) is 2.64. The predicted molar refractivity (Wildman–Crippen MR) is 84.6 cm³/mol. The molecule has 0 aromatic carbocycles. The number of carbonyl (C=O) groups is 1. The zero-order chi connectivity index (χ0) is 14.7. The number of anilines is 1. The van der Waals surface area contributed by atoms with E-state index in [1.54, 1.807) is 24.2 Å². The topological polar surface area (TPSA) is 59.3 Å². The van der Waals surface area contributed by atoms with Gasteiger partial charge in [-0.2, -0.15) is 11.8 Å². The molecule has 0 fully saturated rings. The van der Waals surface area contributed by atoms with E-state index in [2.05, 4.69) is 15.3 Å². The summed E-state index contributed by atoms with van der Waals surface area (Å²) in [6, 6.07) is 7.46. The van der Waals surface area contributed by atoms with Gasteiger partial charge in [0.2, 0.25) is 0 Å². The third kappa shape index (κ3) is 2.90. The largest absolute Gasteiger partial charge is 0.319 e. The molecule has 0 saturated heterocycles. The molecular formula is C15H14N4OS. The molecule has 1 N–H and O–H groups in total. The number of aromatic nitrogens is 3. The van der Waals surface area contributed by atoms with E-state index in [4.69, 9.17) is 0 Å². The van der Waals surface area contributed by atoms with Gasteiger partial charge in [0.25, 0.3) is 5.91 Å². The van der Waals surface area contributed by atoms with E-state index in [-0.39, 0.29) is 5.91 Å². The van der Waals surface area contributed by atoms with Gasteiger partial charge in [-0.15, -0.1) is 0 Å². The van der Waals surface area contributed by atoms with Crippen molar-refractivity contribution < 1.29 is 4.79 Å². The molecular weight excluding hydrogens is 284 g/mol. The van der Waals surface area contributed by atoms with E-state index in [0.717, 1.165) is 17.0 Å². The summed E-state index contributed by atoms with van der Waals surface area (Å²) in [5.41, 5.74) is 2.96. The van der Waals surface area contributed by atoms with Crippen LogP contribution in [0.15, 0.2) is 49.1 Å². The molecule has 0 bridgehead atoms. The second kappa shape index (κ2) is 5.97. The fourth-order valence-electron chi connectivity index (χ4n) is 2.10. The van der Waals surface area contributed by atoms with Crippen LogP contribution < -0.4 is 5.32 Å². The zero-order valence-electron chi connectivity index (χ0n) is 11.5. The Morgan fingerprint density at radius 2 is 2.19 bits per heavy atom. The van der Waals surface area contributed by atoms with Crippen molar-refractivity contribution in [1.29, 1.82) is 0 Å². The zero-order valence-corrected chi connectivity index (χ0v) is 12.3. The Morgan fingerprint density at radius 3 is 3.05 bits per heavy atom. The molecule has 1 amide bonds. The Balaban J connectivity index is 1.85. The lowest BCUT2D eigenvalue weighted by molar-refractivity contribution is 0.102. The first-order valence-electron chi connectivity index (χ1n) is 6.45. The molecule has 106 valence electrons. The van der Waals surface area contributed by atoms with Crippen molar-refractivity contribution >= 4 is 29.0 Å². The fraction of sp³-hybridized carbons (Fsp3) is 0.133. The van der Waals surface area contributed by atoms with Gasteiger partial charge in [-0.05, 0) is 30.0 Å². The van der Waals surface area contributed by atoms with Crippen LogP contribution in [-0.2, 0) is 5.75 Å². The molecule has 5 nitrogen and oxygen atoms in total. The van der Waals surface area contributed by atoms with Gasteiger partial charge in [0, 0.05) is 30.5 Å². The molecule has 21 heavy (non-hydrogen) atoms. The van der Waals surface area contributed by atoms with Crippen molar-refractivity contribution in [2.75, 3.05) is 11.6 Å². The molecule has 3 rings (SSSR count). The average molecular weight is 298 g/mol. The number of rotatable bonds is 4. The number of hydrogen-bond donors (Lipinski definition) is 1. The highest BCUT2D eigenvalue weighted by Gasteiger charge is 2.12. The number of amides is 1. The van der Waals surface area contributed by atoms with Crippen LogP contribution in [-0.4, -0.2) is 26.5 Å². The normalized spacial score (nSPS) is 10.7. The van der Waals surface area contributed by atoms with E-state index >= 15 is 0 Å². The summed E-state index contributed by atoms with van der Waals surface area (Å²) in [7, 11) is 0. The SMILES string of the molecule is CSCc1cccnc1C(=O)Nc1ccc2nccn2c1. The third-order valence-electron chi connectivity index (χ3n) is 3.05. The molecule has 0 saturated carbocycles. The molecule has 0 aliphatic carbocycles. The second-order valence-corrected chi connectivity index (χ2v) is 5.37. The molecule has 0 aliphatic heterocycles. The first kappa shape index (κ1) is 13.6. The van der Waals surface area contributed by atoms with E-state index in [0.29, 0.717) is 11.4 Å². The van der Waals surface area contributed by atoms with Crippen molar-refractivity contribution in [3.05, 3.63) is 60.3 Å². The van der Waals surface area contributed by atoms with Crippen molar-refractivity contribution in [2.24, 2.45) is 0 Å². The van der Waals surface area contributed by atoms with Crippen LogP contribution in [0.5, 0.6) is 0 Å². The summed E-state index contributed by atoms with van der Waals surface area (Å²) in [6.45, 7) is 0. The Morgan fingerprint density at radius 1 is 1.29 bits per heavy atom. The van der Waals surface area contributed by atoms with Gasteiger partial charge >= 0.3 is 0 Å². The highest BCUT2D eigenvalue weighted by atomic mass is 32.2. The van der Waals surface area contributed by atoms with Gasteiger partial charge in [-0.3, -0.25) is 9.78 Å². The average Bonchev–Trinajstić information content (AvgIpc) is 2.95. The summed E-state index contributed by atoms with van der Waals surface area (Å²) < 4.78 is 1.86. The molecule has 0 spiro atoms. The molecule has 0 unspecified atom stereocenters. The van der Waals surface area contributed by atoms with Crippen molar-refractivity contribution in [3.63, 3.8) is 0 Å². The molecule has 0 atom stereocenters. The van der Waals surface area contributed by atoms with Gasteiger partial charge in [0.15, 0.2) is 0 Å². The Kier molecular flexibility index (Phi) is 3.87. The number of fused-ring (bicyclic) bond motifs is 1. The Hall–Kier alpha value is -2.34. The smallest absolute Gasteiger partial charge is 0.274 e. The summed E-state index contributed by atoms with van der Waals surface area (Å²) in [6.07, 6.45) is 9.03. The maximum absolute atomic E-state index is 12.4. The predicted octanol–water partition coefficient (Wildman–Crippen LogP) is 2.84. The quantitative estimate of drug-likeness (QED) is 0.804. The maximum atomic E-state index is 12.4. The minimum absolute atomic E-state index is 0.195. The van der Waals surface area contributed by atoms with Gasteiger partial charge in [-0.25, -0.2) is 4.98 Å². The Labute approximate surface area is 126 Å². The number of imidazole rings is 1. The molecule has 0 radical (unpaired) electrons. The summed E-state index contributed by atoms with van der Waals surface area (Å²) in [5, 5.41) is 2.88. The van der Waals surface area contributed by atoms with E-state index in [1.807, 2.05) is 47.3 Å². The molecule has 0 aliphatic rings. The second-order valence-electron chi connectivity index (χ2n) is 4.51. The minimum atomic E-state index is -0.195. The van der Waals surface area contributed by atoms with Crippen molar-refractivity contribution in [1.82, 2.24) is 14.4 Å². The number of pyridine rings is 2. The lowest BCUT2D eigenvalue weighted by Gasteiger charge is -2.08. The number of carbonyl (C=O) groups excluding carboxylic acids is 1. The van der Waals surface area contributed by atoms with Gasteiger partial charge in [0.1, 0.15) is 11.3 Å². The van der Waals surface area contributed by atoms with Crippen molar-refractivity contribution in [3.8, 4) is 0 Å².